The summed E-state index contributed by atoms with van der Waals surface area (Å²) < 4.78 is 11.4. The van der Waals surface area contributed by atoms with Crippen LogP contribution in [-0.2, 0) is 6.54 Å². The van der Waals surface area contributed by atoms with Crippen molar-refractivity contribution >= 4 is 11.8 Å². The standard InChI is InChI=1S/C17H21NO2S/c1-21-17-8-6-15(7-9-17)19-10-3-11-20-16-5-2-4-14(12-16)13-18/h2,4-9,12H,3,10-11,13,18H2,1H3. The van der Waals surface area contributed by atoms with Gasteiger partial charge in [-0.15, -0.1) is 11.8 Å². The van der Waals surface area contributed by atoms with Gasteiger partial charge in [-0.3, -0.25) is 0 Å². The minimum absolute atomic E-state index is 0.534. The van der Waals surface area contributed by atoms with E-state index in [1.807, 2.05) is 36.4 Å². The molecule has 0 atom stereocenters. The van der Waals surface area contributed by atoms with Gasteiger partial charge >= 0.3 is 0 Å². The van der Waals surface area contributed by atoms with Gasteiger partial charge in [0.15, 0.2) is 0 Å². The Kier molecular flexibility index (Phi) is 6.44. The van der Waals surface area contributed by atoms with Crippen molar-refractivity contribution in [3.8, 4) is 11.5 Å². The highest BCUT2D eigenvalue weighted by molar-refractivity contribution is 7.98. The van der Waals surface area contributed by atoms with E-state index in [4.69, 9.17) is 15.2 Å². The average molecular weight is 303 g/mol. The van der Waals surface area contributed by atoms with Gasteiger partial charge in [0, 0.05) is 17.9 Å². The van der Waals surface area contributed by atoms with Crippen molar-refractivity contribution in [1.82, 2.24) is 0 Å². The van der Waals surface area contributed by atoms with Crippen LogP contribution in [0.15, 0.2) is 53.4 Å². The zero-order valence-corrected chi connectivity index (χ0v) is 13.1. The molecule has 3 nitrogen and oxygen atoms in total. The van der Waals surface area contributed by atoms with E-state index in [9.17, 15) is 0 Å². The second-order valence-corrected chi connectivity index (χ2v) is 5.46. The zero-order valence-electron chi connectivity index (χ0n) is 12.2. The van der Waals surface area contributed by atoms with Crippen LogP contribution in [-0.4, -0.2) is 19.5 Å². The molecule has 4 heteroatoms. The van der Waals surface area contributed by atoms with E-state index in [1.165, 1.54) is 4.90 Å². The molecule has 0 heterocycles. The maximum Gasteiger partial charge on any atom is 0.119 e. The minimum atomic E-state index is 0.534. The molecule has 0 saturated heterocycles. The molecule has 0 aliphatic heterocycles. The summed E-state index contributed by atoms with van der Waals surface area (Å²) in [4.78, 5) is 1.24. The van der Waals surface area contributed by atoms with E-state index in [0.717, 1.165) is 23.5 Å². The van der Waals surface area contributed by atoms with Crippen LogP contribution in [0.25, 0.3) is 0 Å². The molecule has 2 aromatic carbocycles. The molecule has 0 saturated carbocycles. The molecule has 112 valence electrons. The number of benzene rings is 2. The highest BCUT2D eigenvalue weighted by atomic mass is 32.2. The molecule has 0 amide bonds. The Morgan fingerprint density at radius 1 is 0.952 bits per heavy atom. The zero-order chi connectivity index (χ0) is 14.9. The highest BCUT2D eigenvalue weighted by Gasteiger charge is 1.97. The van der Waals surface area contributed by atoms with Crippen molar-refractivity contribution in [3.05, 3.63) is 54.1 Å². The van der Waals surface area contributed by atoms with Gasteiger partial charge in [0.05, 0.1) is 13.2 Å². The molecule has 0 spiro atoms. The third-order valence-electron chi connectivity index (χ3n) is 3.02. The van der Waals surface area contributed by atoms with Crippen molar-refractivity contribution in [2.24, 2.45) is 5.73 Å². The van der Waals surface area contributed by atoms with Gasteiger partial charge in [-0.25, -0.2) is 0 Å². The van der Waals surface area contributed by atoms with Crippen molar-refractivity contribution in [3.63, 3.8) is 0 Å². The van der Waals surface area contributed by atoms with Crippen LogP contribution in [0.2, 0.25) is 0 Å². The Balaban J connectivity index is 1.67. The average Bonchev–Trinajstić information content (AvgIpc) is 2.55. The van der Waals surface area contributed by atoms with Crippen LogP contribution in [0.1, 0.15) is 12.0 Å². The quantitative estimate of drug-likeness (QED) is 0.596. The summed E-state index contributed by atoms with van der Waals surface area (Å²) in [6.45, 7) is 1.82. The van der Waals surface area contributed by atoms with Gasteiger partial charge in [0.2, 0.25) is 0 Å². The molecule has 21 heavy (non-hydrogen) atoms. The fourth-order valence-corrected chi connectivity index (χ4v) is 2.28. The smallest absolute Gasteiger partial charge is 0.119 e. The summed E-state index contributed by atoms with van der Waals surface area (Å²) in [5.41, 5.74) is 6.68. The number of nitrogens with two attached hydrogens (primary N) is 1. The van der Waals surface area contributed by atoms with Crippen LogP contribution >= 0.6 is 11.8 Å². The molecule has 2 N–H and O–H groups in total. The third kappa shape index (κ3) is 5.33. The summed E-state index contributed by atoms with van der Waals surface area (Å²) in [7, 11) is 0. The summed E-state index contributed by atoms with van der Waals surface area (Å²) in [5.74, 6) is 1.76. The lowest BCUT2D eigenvalue weighted by Crippen LogP contribution is -2.05. The lowest BCUT2D eigenvalue weighted by Gasteiger charge is -2.09. The van der Waals surface area contributed by atoms with E-state index in [-0.39, 0.29) is 0 Å². The normalized spacial score (nSPS) is 10.4. The predicted molar refractivity (Wildman–Crippen MR) is 88.2 cm³/mol. The van der Waals surface area contributed by atoms with Crippen LogP contribution in [0, 0.1) is 0 Å². The van der Waals surface area contributed by atoms with Gasteiger partial charge < -0.3 is 15.2 Å². The van der Waals surface area contributed by atoms with Gasteiger partial charge in [-0.1, -0.05) is 12.1 Å². The predicted octanol–water partition coefficient (Wildman–Crippen LogP) is 3.72. The third-order valence-corrected chi connectivity index (χ3v) is 3.76. The molecule has 0 fully saturated rings. The number of hydrogen-bond donors (Lipinski definition) is 1. The van der Waals surface area contributed by atoms with Crippen LogP contribution < -0.4 is 15.2 Å². The molecule has 2 aromatic rings. The van der Waals surface area contributed by atoms with E-state index in [2.05, 4.69) is 18.4 Å². The monoisotopic (exact) mass is 303 g/mol. The topological polar surface area (TPSA) is 44.5 Å². The van der Waals surface area contributed by atoms with Gasteiger partial charge in [-0.05, 0) is 48.2 Å². The molecule has 0 radical (unpaired) electrons. The lowest BCUT2D eigenvalue weighted by atomic mass is 10.2. The first kappa shape index (κ1) is 15.7. The van der Waals surface area contributed by atoms with Crippen molar-refractivity contribution in [1.29, 1.82) is 0 Å². The Labute approximate surface area is 130 Å². The summed E-state index contributed by atoms with van der Waals surface area (Å²) in [6, 6.07) is 16.0. The van der Waals surface area contributed by atoms with Crippen LogP contribution in [0.5, 0.6) is 11.5 Å². The van der Waals surface area contributed by atoms with Crippen molar-refractivity contribution < 1.29 is 9.47 Å². The molecular formula is C17H21NO2S. The van der Waals surface area contributed by atoms with Gasteiger partial charge in [-0.2, -0.15) is 0 Å². The van der Waals surface area contributed by atoms with E-state index < -0.39 is 0 Å². The largest absolute Gasteiger partial charge is 0.493 e. The first-order valence-corrected chi connectivity index (χ1v) is 8.23. The Hall–Kier alpha value is -1.65. The maximum atomic E-state index is 5.68. The molecule has 2 rings (SSSR count). The number of thioether (sulfide) groups is 1. The molecule has 0 aliphatic rings. The lowest BCUT2D eigenvalue weighted by molar-refractivity contribution is 0.247. The summed E-state index contributed by atoms with van der Waals surface area (Å²) >= 11 is 1.73. The van der Waals surface area contributed by atoms with E-state index >= 15 is 0 Å². The molecule has 0 unspecified atom stereocenters. The minimum Gasteiger partial charge on any atom is -0.493 e. The second-order valence-electron chi connectivity index (χ2n) is 4.58. The van der Waals surface area contributed by atoms with E-state index in [0.29, 0.717) is 19.8 Å². The van der Waals surface area contributed by atoms with Gasteiger partial charge in [0.25, 0.3) is 0 Å². The van der Waals surface area contributed by atoms with Crippen molar-refractivity contribution in [2.75, 3.05) is 19.5 Å². The van der Waals surface area contributed by atoms with Crippen LogP contribution in [0.3, 0.4) is 0 Å². The molecular weight excluding hydrogens is 282 g/mol. The van der Waals surface area contributed by atoms with Gasteiger partial charge in [0.1, 0.15) is 11.5 Å². The van der Waals surface area contributed by atoms with Crippen LogP contribution in [0.4, 0.5) is 0 Å². The van der Waals surface area contributed by atoms with Crippen molar-refractivity contribution in [2.45, 2.75) is 17.9 Å². The second kappa shape index (κ2) is 8.60. The fourth-order valence-electron chi connectivity index (χ4n) is 1.87. The Bertz CT molecular complexity index is 543. The summed E-state index contributed by atoms with van der Waals surface area (Å²) in [5, 5.41) is 0. The summed E-state index contributed by atoms with van der Waals surface area (Å²) in [6.07, 6.45) is 2.91. The molecule has 0 bridgehead atoms. The molecule has 0 aliphatic carbocycles. The Morgan fingerprint density at radius 2 is 1.67 bits per heavy atom. The first-order valence-electron chi connectivity index (χ1n) is 7.00. The maximum absolute atomic E-state index is 5.68. The highest BCUT2D eigenvalue weighted by Crippen LogP contribution is 2.19. The first-order chi connectivity index (χ1) is 10.3. The fraction of sp³-hybridized carbons (Fsp3) is 0.294. The number of rotatable bonds is 8. The SMILES string of the molecule is CSc1ccc(OCCCOc2cccc(CN)c2)cc1. The Morgan fingerprint density at radius 3 is 2.33 bits per heavy atom. The van der Waals surface area contributed by atoms with E-state index in [1.54, 1.807) is 11.8 Å². The molecule has 0 aromatic heterocycles. The number of ether oxygens (including phenoxy) is 2. The number of hydrogen-bond acceptors (Lipinski definition) is 4.